The van der Waals surface area contributed by atoms with Crippen molar-refractivity contribution in [3.63, 3.8) is 0 Å². The molecular formula is C15H25NO4. The Morgan fingerprint density at radius 3 is 2.25 bits per heavy atom. The van der Waals surface area contributed by atoms with Crippen LogP contribution in [0.1, 0.15) is 46.5 Å². The van der Waals surface area contributed by atoms with Gasteiger partial charge in [-0.3, -0.25) is 9.59 Å². The van der Waals surface area contributed by atoms with Gasteiger partial charge in [-0.2, -0.15) is 0 Å². The second kappa shape index (κ2) is 5.35. The number of ether oxygens (including phenoxy) is 2. The number of esters is 2. The number of carbonyl (C=O) groups is 2. The van der Waals surface area contributed by atoms with E-state index in [4.69, 9.17) is 9.47 Å². The Morgan fingerprint density at radius 2 is 1.80 bits per heavy atom. The quantitative estimate of drug-likeness (QED) is 0.781. The molecule has 1 aliphatic heterocycles. The monoisotopic (exact) mass is 283 g/mol. The van der Waals surface area contributed by atoms with E-state index in [0.717, 1.165) is 25.7 Å². The van der Waals surface area contributed by atoms with E-state index in [-0.39, 0.29) is 29.3 Å². The van der Waals surface area contributed by atoms with Crippen LogP contribution >= 0.6 is 0 Å². The van der Waals surface area contributed by atoms with Crippen LogP contribution < -0.4 is 5.32 Å². The molecule has 0 aromatic carbocycles. The lowest BCUT2D eigenvalue weighted by Gasteiger charge is -2.51. The van der Waals surface area contributed by atoms with Crippen molar-refractivity contribution in [2.75, 3.05) is 13.7 Å². The molecule has 1 saturated heterocycles. The number of carbonyl (C=O) groups excluding carboxylic acids is 2. The van der Waals surface area contributed by atoms with Gasteiger partial charge in [0.1, 0.15) is 5.60 Å². The fraction of sp³-hybridized carbons (Fsp3) is 0.867. The number of rotatable bonds is 2. The van der Waals surface area contributed by atoms with E-state index in [1.165, 1.54) is 7.11 Å². The van der Waals surface area contributed by atoms with Gasteiger partial charge in [0.05, 0.1) is 18.9 Å². The van der Waals surface area contributed by atoms with Crippen LogP contribution in [0.4, 0.5) is 0 Å². The van der Waals surface area contributed by atoms with Crippen molar-refractivity contribution in [3.8, 4) is 0 Å². The molecule has 0 radical (unpaired) electrons. The van der Waals surface area contributed by atoms with Crippen LogP contribution in [0.15, 0.2) is 0 Å². The van der Waals surface area contributed by atoms with Crippen molar-refractivity contribution < 1.29 is 19.1 Å². The smallest absolute Gasteiger partial charge is 0.309 e. The van der Waals surface area contributed by atoms with E-state index in [9.17, 15) is 9.59 Å². The first kappa shape index (κ1) is 15.3. The molecule has 1 heterocycles. The molecule has 1 spiro atoms. The molecule has 1 saturated carbocycles. The molecule has 0 aromatic rings. The van der Waals surface area contributed by atoms with E-state index < -0.39 is 5.60 Å². The standard InChI is InChI=1S/C15H25NO4/c1-14(2,3)20-13(18)11-7-15(8-11)6-5-10(9-16-15)12(17)19-4/h10-11,16H,5-9H2,1-4H3. The Morgan fingerprint density at radius 1 is 1.15 bits per heavy atom. The Bertz CT molecular complexity index is 383. The highest BCUT2D eigenvalue weighted by Gasteiger charge is 2.50. The summed E-state index contributed by atoms with van der Waals surface area (Å²) in [5, 5.41) is 3.44. The minimum absolute atomic E-state index is 0.00333. The Kier molecular flexibility index (Phi) is 4.09. The lowest BCUT2D eigenvalue weighted by atomic mass is 9.63. The summed E-state index contributed by atoms with van der Waals surface area (Å²) in [7, 11) is 1.43. The molecule has 0 amide bonds. The zero-order chi connectivity index (χ0) is 15.0. The topological polar surface area (TPSA) is 64.6 Å². The molecule has 2 rings (SSSR count). The molecule has 1 aliphatic carbocycles. The number of methoxy groups -OCH3 is 1. The van der Waals surface area contributed by atoms with E-state index in [2.05, 4.69) is 5.32 Å². The molecule has 0 bridgehead atoms. The van der Waals surface area contributed by atoms with Crippen LogP contribution in [-0.2, 0) is 19.1 Å². The summed E-state index contributed by atoms with van der Waals surface area (Å²) in [6, 6.07) is 0. The molecule has 114 valence electrons. The van der Waals surface area contributed by atoms with Crippen molar-refractivity contribution in [2.45, 2.75) is 57.6 Å². The van der Waals surface area contributed by atoms with Crippen molar-refractivity contribution in [1.82, 2.24) is 5.32 Å². The molecular weight excluding hydrogens is 258 g/mol. The molecule has 1 N–H and O–H groups in total. The average molecular weight is 283 g/mol. The van der Waals surface area contributed by atoms with Gasteiger partial charge >= 0.3 is 11.9 Å². The van der Waals surface area contributed by atoms with E-state index in [1.807, 2.05) is 20.8 Å². The average Bonchev–Trinajstić information content (AvgIpc) is 2.33. The molecule has 2 aliphatic rings. The predicted octanol–water partition coefficient (Wildman–Crippen LogP) is 1.65. The molecule has 0 aromatic heterocycles. The number of hydrogen-bond donors (Lipinski definition) is 1. The van der Waals surface area contributed by atoms with E-state index >= 15 is 0 Å². The summed E-state index contributed by atoms with van der Waals surface area (Å²) in [4.78, 5) is 23.4. The lowest BCUT2D eigenvalue weighted by molar-refractivity contribution is -0.168. The summed E-state index contributed by atoms with van der Waals surface area (Å²) in [5.41, 5.74) is -0.387. The number of piperidine rings is 1. The summed E-state index contributed by atoms with van der Waals surface area (Å²) < 4.78 is 10.2. The summed E-state index contributed by atoms with van der Waals surface area (Å²) >= 11 is 0. The highest BCUT2D eigenvalue weighted by atomic mass is 16.6. The van der Waals surface area contributed by atoms with Crippen LogP contribution in [0, 0.1) is 11.8 Å². The highest BCUT2D eigenvalue weighted by Crippen LogP contribution is 2.44. The van der Waals surface area contributed by atoms with E-state index in [1.54, 1.807) is 0 Å². The Hall–Kier alpha value is -1.10. The largest absolute Gasteiger partial charge is 0.469 e. The molecule has 5 nitrogen and oxygen atoms in total. The third-order valence-electron chi connectivity index (χ3n) is 4.24. The molecule has 1 atom stereocenters. The van der Waals surface area contributed by atoms with Crippen molar-refractivity contribution in [2.24, 2.45) is 11.8 Å². The number of nitrogens with one attached hydrogen (secondary N) is 1. The van der Waals surface area contributed by atoms with Gasteiger partial charge in [0.25, 0.3) is 0 Å². The summed E-state index contributed by atoms with van der Waals surface area (Å²) in [5.74, 6) is -0.294. The fourth-order valence-electron chi connectivity index (χ4n) is 3.13. The van der Waals surface area contributed by atoms with Gasteiger partial charge in [0.15, 0.2) is 0 Å². The van der Waals surface area contributed by atoms with Crippen molar-refractivity contribution in [1.29, 1.82) is 0 Å². The lowest BCUT2D eigenvalue weighted by Crippen LogP contribution is -2.61. The van der Waals surface area contributed by atoms with Crippen LogP contribution in [0.2, 0.25) is 0 Å². The van der Waals surface area contributed by atoms with Gasteiger partial charge in [0, 0.05) is 12.1 Å². The van der Waals surface area contributed by atoms with Gasteiger partial charge in [-0.15, -0.1) is 0 Å². The van der Waals surface area contributed by atoms with Gasteiger partial charge in [-0.05, 0) is 46.5 Å². The third kappa shape index (κ3) is 3.32. The maximum Gasteiger partial charge on any atom is 0.309 e. The van der Waals surface area contributed by atoms with Gasteiger partial charge in [-0.25, -0.2) is 0 Å². The van der Waals surface area contributed by atoms with Crippen molar-refractivity contribution in [3.05, 3.63) is 0 Å². The van der Waals surface area contributed by atoms with Gasteiger partial charge in [-0.1, -0.05) is 0 Å². The molecule has 1 unspecified atom stereocenters. The predicted molar refractivity (Wildman–Crippen MR) is 74.0 cm³/mol. The number of hydrogen-bond acceptors (Lipinski definition) is 5. The second-order valence-corrected chi connectivity index (χ2v) is 7.06. The normalized spacial score (nSPS) is 33.4. The van der Waals surface area contributed by atoms with Gasteiger partial charge < -0.3 is 14.8 Å². The molecule has 2 fully saturated rings. The third-order valence-corrected chi connectivity index (χ3v) is 4.24. The molecule has 20 heavy (non-hydrogen) atoms. The van der Waals surface area contributed by atoms with Crippen LogP contribution in [0.5, 0.6) is 0 Å². The minimum atomic E-state index is -0.421. The van der Waals surface area contributed by atoms with Crippen LogP contribution in [0.25, 0.3) is 0 Å². The molecule has 5 heteroatoms. The Labute approximate surface area is 120 Å². The highest BCUT2D eigenvalue weighted by molar-refractivity contribution is 5.75. The minimum Gasteiger partial charge on any atom is -0.469 e. The maximum absolute atomic E-state index is 12.0. The Balaban J connectivity index is 1.79. The van der Waals surface area contributed by atoms with Crippen molar-refractivity contribution >= 4 is 11.9 Å². The summed E-state index contributed by atoms with van der Waals surface area (Å²) in [6.45, 7) is 6.31. The first-order valence-corrected chi connectivity index (χ1v) is 7.30. The van der Waals surface area contributed by atoms with Crippen LogP contribution in [0.3, 0.4) is 0 Å². The van der Waals surface area contributed by atoms with Crippen LogP contribution in [-0.4, -0.2) is 36.7 Å². The zero-order valence-corrected chi connectivity index (χ0v) is 12.8. The summed E-state index contributed by atoms with van der Waals surface area (Å²) in [6.07, 6.45) is 3.39. The zero-order valence-electron chi connectivity index (χ0n) is 12.8. The maximum atomic E-state index is 12.0. The fourth-order valence-corrected chi connectivity index (χ4v) is 3.13. The van der Waals surface area contributed by atoms with Gasteiger partial charge in [0.2, 0.25) is 0 Å². The SMILES string of the molecule is COC(=O)C1CCC2(CC(C(=O)OC(C)(C)C)C2)NC1. The van der Waals surface area contributed by atoms with E-state index in [0.29, 0.717) is 6.54 Å². The second-order valence-electron chi connectivity index (χ2n) is 7.06. The first-order valence-electron chi connectivity index (χ1n) is 7.30. The first-order chi connectivity index (χ1) is 9.25.